The van der Waals surface area contributed by atoms with E-state index in [1.54, 1.807) is 13.8 Å². The number of hydrogen-bond acceptors (Lipinski definition) is 4. The molecule has 0 aliphatic heterocycles. The van der Waals surface area contributed by atoms with Gasteiger partial charge in [0, 0.05) is 5.69 Å². The zero-order valence-electron chi connectivity index (χ0n) is 13.6. The molecule has 0 heterocycles. The molecule has 1 rings (SSSR count). The molecule has 6 heteroatoms. The lowest BCUT2D eigenvalue weighted by Crippen LogP contribution is -2.15. The quantitative estimate of drug-likeness (QED) is 0.296. The highest BCUT2D eigenvalue weighted by Gasteiger charge is 2.11. The Kier molecular flexibility index (Phi) is 7.11. The van der Waals surface area contributed by atoms with Crippen LogP contribution in [0.4, 0.5) is 5.69 Å². The van der Waals surface area contributed by atoms with Crippen LogP contribution in [0.25, 0.3) is 0 Å². The first-order chi connectivity index (χ1) is 10.3. The van der Waals surface area contributed by atoms with Crippen molar-refractivity contribution in [1.82, 2.24) is 0 Å². The van der Waals surface area contributed by atoms with Gasteiger partial charge in [0.2, 0.25) is 6.41 Å². The van der Waals surface area contributed by atoms with Gasteiger partial charge in [-0.05, 0) is 43.7 Å². The lowest BCUT2D eigenvalue weighted by Gasteiger charge is -2.15. The molecule has 1 aromatic carbocycles. The number of amides is 1. The summed E-state index contributed by atoms with van der Waals surface area (Å²) in [4.78, 5) is 25.9. The summed E-state index contributed by atoms with van der Waals surface area (Å²) in [5.41, 5.74) is 4.22. The lowest BCUT2D eigenvalue weighted by molar-refractivity contribution is -0.144. The Bertz CT molecular complexity index is 560. The third-order valence-corrected chi connectivity index (χ3v) is 3.66. The summed E-state index contributed by atoms with van der Waals surface area (Å²) < 4.78 is 5.08. The number of nitrogens with zero attached hydrogens (tertiary/aromatic N) is 1. The predicted octanol–water partition coefficient (Wildman–Crippen LogP) is 3.43. The summed E-state index contributed by atoms with van der Waals surface area (Å²) in [7, 11) is 0. The zero-order chi connectivity index (χ0) is 16.7. The summed E-state index contributed by atoms with van der Waals surface area (Å²) in [6.07, 6.45) is 0.471. The molecule has 1 amide bonds. The highest BCUT2D eigenvalue weighted by atomic mass is 32.2. The maximum absolute atomic E-state index is 11.4. The summed E-state index contributed by atoms with van der Waals surface area (Å²) in [6.45, 7) is 9.55. The van der Waals surface area contributed by atoms with E-state index >= 15 is 0 Å². The number of thioether (sulfide) groups is 1. The van der Waals surface area contributed by atoms with Crippen molar-refractivity contribution >= 4 is 35.0 Å². The smallest absolute Gasteiger partial charge is 0.309 e. The number of ether oxygens (including phenoxy) is 1. The Balaban J connectivity index is 2.76. The average Bonchev–Trinajstić information content (AvgIpc) is 2.42. The number of aryl methyl sites for hydroxylation is 3. The van der Waals surface area contributed by atoms with Gasteiger partial charge in [-0.3, -0.25) is 9.59 Å². The lowest BCUT2D eigenvalue weighted by atomic mass is 10.1. The van der Waals surface area contributed by atoms with Crippen molar-refractivity contribution < 1.29 is 14.3 Å². The van der Waals surface area contributed by atoms with E-state index in [9.17, 15) is 9.59 Å². The number of nitrogens with one attached hydrogen (secondary N) is 1. The number of esters is 1. The molecule has 0 radical (unpaired) electrons. The molecule has 120 valence electrons. The molecule has 22 heavy (non-hydrogen) atoms. The fraction of sp³-hybridized carbons (Fsp3) is 0.438. The molecule has 5 nitrogen and oxygen atoms in total. The van der Waals surface area contributed by atoms with Crippen molar-refractivity contribution in [2.24, 2.45) is 10.9 Å². The van der Waals surface area contributed by atoms with Crippen LogP contribution in [0.15, 0.2) is 17.1 Å². The van der Waals surface area contributed by atoms with E-state index in [2.05, 4.69) is 22.4 Å². The average molecular weight is 322 g/mol. The molecule has 0 aromatic heterocycles. The van der Waals surface area contributed by atoms with Crippen molar-refractivity contribution in [1.29, 1.82) is 0 Å². The van der Waals surface area contributed by atoms with Crippen molar-refractivity contribution in [3.8, 4) is 0 Å². The van der Waals surface area contributed by atoms with E-state index in [4.69, 9.17) is 4.74 Å². The van der Waals surface area contributed by atoms with Crippen LogP contribution in [0.1, 0.15) is 30.5 Å². The molecule has 0 saturated heterocycles. The van der Waals surface area contributed by atoms with Crippen LogP contribution in [-0.4, -0.2) is 23.5 Å². The van der Waals surface area contributed by atoms with E-state index in [0.29, 0.717) is 11.6 Å². The molecule has 1 aromatic rings. The van der Waals surface area contributed by atoms with Crippen molar-refractivity contribution in [2.45, 2.75) is 34.6 Å². The van der Waals surface area contributed by atoms with Gasteiger partial charge in [0.25, 0.3) is 0 Å². The first-order valence-electron chi connectivity index (χ1n) is 7.01. The van der Waals surface area contributed by atoms with Gasteiger partial charge in [-0.15, -0.1) is 0 Å². The monoisotopic (exact) mass is 322 g/mol. The Labute approximate surface area is 135 Å². The minimum Gasteiger partial charge on any atom is -0.454 e. The second-order valence-electron chi connectivity index (χ2n) is 5.32. The molecular formula is C16H22N2O3S. The second kappa shape index (κ2) is 8.58. The maximum Gasteiger partial charge on any atom is 0.309 e. The fourth-order valence-corrected chi connectivity index (χ4v) is 2.53. The van der Waals surface area contributed by atoms with E-state index in [0.717, 1.165) is 16.8 Å². The standard InChI is InChI=1S/C16H22N2O3S/c1-10(2)15(20)21-9-22-16(17-8-19)18-14-12(4)6-11(3)7-13(14)5/h6-8,10H,9H2,1-5H3,(H,17,18,19). The SMILES string of the molecule is Cc1cc(C)c(N/C(=N\C=O)SCOC(=O)C(C)C)c(C)c1. The van der Waals surface area contributed by atoms with E-state index < -0.39 is 0 Å². The predicted molar refractivity (Wildman–Crippen MR) is 91.2 cm³/mol. The molecule has 1 N–H and O–H groups in total. The normalized spacial score (nSPS) is 11.5. The van der Waals surface area contributed by atoms with Gasteiger partial charge in [-0.25, -0.2) is 0 Å². The molecule has 0 unspecified atom stereocenters. The summed E-state index contributed by atoms with van der Waals surface area (Å²) in [5.74, 6) is -0.344. The van der Waals surface area contributed by atoms with Crippen molar-refractivity contribution in [2.75, 3.05) is 11.3 Å². The number of hydrogen-bond donors (Lipinski definition) is 1. The van der Waals surface area contributed by atoms with E-state index in [1.807, 2.05) is 20.8 Å². The maximum atomic E-state index is 11.4. The molecule has 0 aliphatic rings. The van der Waals surface area contributed by atoms with Crippen molar-refractivity contribution in [3.05, 3.63) is 28.8 Å². The first-order valence-corrected chi connectivity index (χ1v) is 7.99. The first kappa shape index (κ1) is 18.2. The number of amidine groups is 1. The van der Waals surface area contributed by atoms with Gasteiger partial charge >= 0.3 is 5.97 Å². The van der Waals surface area contributed by atoms with Gasteiger partial charge < -0.3 is 10.1 Å². The topological polar surface area (TPSA) is 67.8 Å². The number of anilines is 1. The van der Waals surface area contributed by atoms with Crippen LogP contribution in [0.3, 0.4) is 0 Å². The van der Waals surface area contributed by atoms with Crippen LogP contribution in [0.2, 0.25) is 0 Å². The Morgan fingerprint density at radius 3 is 2.41 bits per heavy atom. The Hall–Kier alpha value is -1.82. The van der Waals surface area contributed by atoms with Crippen LogP contribution in [0, 0.1) is 26.7 Å². The molecule has 0 saturated carbocycles. The highest BCUT2D eigenvalue weighted by Crippen LogP contribution is 2.23. The Morgan fingerprint density at radius 1 is 1.32 bits per heavy atom. The van der Waals surface area contributed by atoms with Crippen LogP contribution < -0.4 is 5.32 Å². The third-order valence-electron chi connectivity index (χ3n) is 2.95. The summed E-state index contributed by atoms with van der Waals surface area (Å²) in [5, 5.41) is 3.54. The number of carbonyl (C=O) groups excluding carboxylic acids is 2. The van der Waals surface area contributed by atoms with Crippen LogP contribution >= 0.6 is 11.8 Å². The van der Waals surface area contributed by atoms with Gasteiger partial charge in [-0.1, -0.05) is 31.5 Å². The van der Waals surface area contributed by atoms with Crippen LogP contribution in [0.5, 0.6) is 0 Å². The van der Waals surface area contributed by atoms with E-state index in [-0.39, 0.29) is 17.8 Å². The molecule has 0 aliphatic carbocycles. The Morgan fingerprint density at radius 2 is 1.91 bits per heavy atom. The fourth-order valence-electron chi connectivity index (χ4n) is 1.95. The summed E-state index contributed by atoms with van der Waals surface area (Å²) in [6, 6.07) is 4.11. The number of rotatable bonds is 5. The number of benzene rings is 1. The second-order valence-corrected chi connectivity index (χ2v) is 6.23. The van der Waals surface area contributed by atoms with Gasteiger partial charge in [-0.2, -0.15) is 4.99 Å². The molecule has 0 atom stereocenters. The highest BCUT2D eigenvalue weighted by molar-refractivity contribution is 8.14. The van der Waals surface area contributed by atoms with Gasteiger partial charge in [0.15, 0.2) is 5.17 Å². The minimum absolute atomic E-state index is 0.112. The van der Waals surface area contributed by atoms with Gasteiger partial charge in [0.1, 0.15) is 5.94 Å². The summed E-state index contributed by atoms with van der Waals surface area (Å²) >= 11 is 1.17. The third kappa shape index (κ3) is 5.52. The van der Waals surface area contributed by atoms with E-state index in [1.165, 1.54) is 17.3 Å². The number of carbonyl (C=O) groups is 2. The molecular weight excluding hydrogens is 300 g/mol. The van der Waals surface area contributed by atoms with Crippen molar-refractivity contribution in [3.63, 3.8) is 0 Å². The minimum atomic E-state index is -0.277. The number of aliphatic imine (C=N–C) groups is 1. The van der Waals surface area contributed by atoms with Gasteiger partial charge in [0.05, 0.1) is 5.92 Å². The largest absolute Gasteiger partial charge is 0.454 e. The van der Waals surface area contributed by atoms with Crippen LogP contribution in [-0.2, 0) is 14.3 Å². The molecule has 0 spiro atoms. The zero-order valence-corrected chi connectivity index (χ0v) is 14.4. The molecule has 0 fully saturated rings. The molecule has 0 bridgehead atoms.